The van der Waals surface area contributed by atoms with E-state index in [1.165, 1.54) is 0 Å². The molecule has 2 nitrogen and oxygen atoms in total. The van der Waals surface area contributed by atoms with Gasteiger partial charge in [0.05, 0.1) is 0 Å². The molecular formula is C10H12O2Zr. The van der Waals surface area contributed by atoms with Gasteiger partial charge in [-0.05, 0) is 0 Å². The predicted molar refractivity (Wildman–Crippen MR) is 47.0 cm³/mol. The predicted octanol–water partition coefficient (Wildman–Crippen LogP) is 2.26. The fourth-order valence-corrected chi connectivity index (χ4v) is 0.680. The van der Waals surface area contributed by atoms with E-state index < -0.39 is 0 Å². The minimum absolute atomic E-state index is 0. The zero-order chi connectivity index (χ0) is 7.07. The second-order valence-corrected chi connectivity index (χ2v) is 2.01. The maximum atomic E-state index is 2.99. The summed E-state index contributed by atoms with van der Waals surface area (Å²) in [6.07, 6.45) is 20.0. The van der Waals surface area contributed by atoms with Crippen LogP contribution in [-0.2, 0) is 26.2 Å². The molecule has 0 aromatic carbocycles. The Labute approximate surface area is 98.5 Å². The molecule has 0 atom stereocenters. The summed E-state index contributed by atoms with van der Waals surface area (Å²) in [6.45, 7) is 0. The number of hydrogen-bond donors (Lipinski definition) is 0. The van der Waals surface area contributed by atoms with Crippen molar-refractivity contribution in [2.45, 2.75) is 12.8 Å². The summed E-state index contributed by atoms with van der Waals surface area (Å²) in [4.78, 5) is 0. The molecule has 0 amide bonds. The van der Waals surface area contributed by atoms with E-state index in [1.54, 1.807) is 0 Å². The van der Waals surface area contributed by atoms with Crippen molar-refractivity contribution in [1.29, 1.82) is 0 Å². The summed E-state index contributed by atoms with van der Waals surface area (Å²) in [5.41, 5.74) is 0. The average Bonchev–Trinajstić information content (AvgIpc) is 2.67. The van der Waals surface area contributed by atoms with Crippen LogP contribution in [0.15, 0.2) is 36.5 Å². The van der Waals surface area contributed by atoms with Gasteiger partial charge in [-0.25, -0.2) is 24.3 Å². The molecule has 2 rings (SSSR count). The van der Waals surface area contributed by atoms with Gasteiger partial charge in [0.15, 0.2) is 0 Å². The Bertz CT molecular complexity index is 151. The summed E-state index contributed by atoms with van der Waals surface area (Å²) in [5.74, 6) is 0. The normalized spacial score (nSPS) is 13.5. The van der Waals surface area contributed by atoms with Crippen LogP contribution in [0.3, 0.4) is 0 Å². The van der Waals surface area contributed by atoms with E-state index in [4.69, 9.17) is 0 Å². The SMILES string of the molecule is [C-]1=CC=CC1.[C-]1=CC=CC1.[OH-].[OH-].[Zr+4]. The number of allylic oxidation sites excluding steroid dienone is 8. The van der Waals surface area contributed by atoms with Crippen molar-refractivity contribution < 1.29 is 37.2 Å². The zero-order valence-corrected chi connectivity index (χ0v) is 9.73. The molecule has 3 heteroatoms. The molecule has 2 aliphatic rings. The van der Waals surface area contributed by atoms with Crippen LogP contribution in [0.1, 0.15) is 12.8 Å². The van der Waals surface area contributed by atoms with Crippen LogP contribution in [0.25, 0.3) is 0 Å². The molecule has 0 aromatic rings. The second-order valence-electron chi connectivity index (χ2n) is 2.01. The van der Waals surface area contributed by atoms with Crippen LogP contribution in [0.2, 0.25) is 0 Å². The molecule has 0 aliphatic heterocycles. The Morgan fingerprint density at radius 3 is 1.23 bits per heavy atom. The maximum Gasteiger partial charge on any atom is 4.00 e. The van der Waals surface area contributed by atoms with E-state index in [0.29, 0.717) is 0 Å². The van der Waals surface area contributed by atoms with Gasteiger partial charge in [-0.1, -0.05) is 0 Å². The second kappa shape index (κ2) is 14.3. The molecule has 0 spiro atoms. The van der Waals surface area contributed by atoms with Gasteiger partial charge in [0.2, 0.25) is 0 Å². The van der Waals surface area contributed by atoms with Crippen molar-refractivity contribution in [2.24, 2.45) is 0 Å². The van der Waals surface area contributed by atoms with Crippen molar-refractivity contribution in [3.63, 3.8) is 0 Å². The van der Waals surface area contributed by atoms with Gasteiger partial charge in [-0.15, -0.1) is 12.8 Å². The molecule has 0 saturated heterocycles. The van der Waals surface area contributed by atoms with E-state index in [2.05, 4.69) is 24.3 Å². The van der Waals surface area contributed by atoms with Gasteiger partial charge >= 0.3 is 26.2 Å². The van der Waals surface area contributed by atoms with Crippen LogP contribution < -0.4 is 0 Å². The summed E-state index contributed by atoms with van der Waals surface area (Å²) in [5, 5.41) is 0. The third kappa shape index (κ3) is 11.8. The van der Waals surface area contributed by atoms with E-state index in [-0.39, 0.29) is 37.2 Å². The van der Waals surface area contributed by atoms with Crippen LogP contribution in [-0.4, -0.2) is 11.0 Å². The van der Waals surface area contributed by atoms with Crippen LogP contribution in [0, 0.1) is 12.2 Å². The topological polar surface area (TPSA) is 60.0 Å². The summed E-state index contributed by atoms with van der Waals surface area (Å²) >= 11 is 0. The minimum atomic E-state index is 0. The Morgan fingerprint density at radius 2 is 1.15 bits per heavy atom. The Hall–Kier alpha value is -0.237. The first-order chi connectivity index (χ1) is 5.00. The van der Waals surface area contributed by atoms with Crippen LogP contribution in [0.5, 0.6) is 0 Å². The van der Waals surface area contributed by atoms with Crippen molar-refractivity contribution >= 4 is 0 Å². The van der Waals surface area contributed by atoms with Crippen molar-refractivity contribution in [1.82, 2.24) is 0 Å². The first kappa shape index (κ1) is 18.5. The van der Waals surface area contributed by atoms with E-state index in [1.807, 2.05) is 24.3 Å². The van der Waals surface area contributed by atoms with Gasteiger partial charge in [0.1, 0.15) is 0 Å². The molecule has 68 valence electrons. The molecule has 0 heterocycles. The molecular weight excluding hydrogens is 243 g/mol. The summed E-state index contributed by atoms with van der Waals surface area (Å²) < 4.78 is 0. The molecule has 0 saturated carbocycles. The largest absolute Gasteiger partial charge is 4.00 e. The summed E-state index contributed by atoms with van der Waals surface area (Å²) in [6, 6.07) is 0. The van der Waals surface area contributed by atoms with Crippen molar-refractivity contribution in [2.75, 3.05) is 0 Å². The van der Waals surface area contributed by atoms with E-state index in [0.717, 1.165) is 12.8 Å². The third-order valence-electron chi connectivity index (χ3n) is 1.17. The van der Waals surface area contributed by atoms with Gasteiger partial charge in [-0.2, -0.15) is 12.2 Å². The third-order valence-corrected chi connectivity index (χ3v) is 1.17. The van der Waals surface area contributed by atoms with Crippen LogP contribution >= 0.6 is 0 Å². The molecule has 0 unspecified atom stereocenters. The quantitative estimate of drug-likeness (QED) is 0.623. The number of hydrogen-bond acceptors (Lipinski definition) is 2. The Kier molecular flexibility index (Phi) is 20.4. The first-order valence-electron chi connectivity index (χ1n) is 3.43. The molecule has 2 N–H and O–H groups in total. The van der Waals surface area contributed by atoms with Gasteiger partial charge < -0.3 is 11.0 Å². The first-order valence-corrected chi connectivity index (χ1v) is 3.43. The van der Waals surface area contributed by atoms with Gasteiger partial charge in [0, 0.05) is 0 Å². The molecule has 0 radical (unpaired) electrons. The van der Waals surface area contributed by atoms with Gasteiger partial charge in [-0.3, -0.25) is 12.2 Å². The minimum Gasteiger partial charge on any atom is -0.870 e. The standard InChI is InChI=1S/2C5H5.2H2O.Zr/c2*1-2-4-5-3-1;;;/h2*1-3H,4H2;2*1H2;/q2*-1;;;+4/p-2. The maximum absolute atomic E-state index is 2.99. The van der Waals surface area contributed by atoms with Crippen molar-refractivity contribution in [3.05, 3.63) is 48.6 Å². The summed E-state index contributed by atoms with van der Waals surface area (Å²) in [7, 11) is 0. The van der Waals surface area contributed by atoms with E-state index >= 15 is 0 Å². The Morgan fingerprint density at radius 1 is 0.769 bits per heavy atom. The van der Waals surface area contributed by atoms with E-state index in [9.17, 15) is 0 Å². The average molecular weight is 255 g/mol. The molecule has 0 aromatic heterocycles. The zero-order valence-electron chi connectivity index (χ0n) is 7.27. The smallest absolute Gasteiger partial charge is 0.870 e. The molecule has 2 aliphatic carbocycles. The Balaban J connectivity index is -0.000000125. The van der Waals surface area contributed by atoms with Crippen molar-refractivity contribution in [3.8, 4) is 0 Å². The van der Waals surface area contributed by atoms with Crippen LogP contribution in [0.4, 0.5) is 0 Å². The monoisotopic (exact) mass is 254 g/mol. The van der Waals surface area contributed by atoms with Gasteiger partial charge in [0.25, 0.3) is 0 Å². The fourth-order valence-electron chi connectivity index (χ4n) is 0.680. The molecule has 0 bridgehead atoms. The fraction of sp³-hybridized carbons (Fsp3) is 0.200. The molecule has 13 heavy (non-hydrogen) atoms. The molecule has 0 fully saturated rings. The number of rotatable bonds is 0.